The van der Waals surface area contributed by atoms with Crippen LogP contribution in [0.3, 0.4) is 0 Å². The van der Waals surface area contributed by atoms with Gasteiger partial charge in [-0.05, 0) is 24.0 Å². The average molecular weight is 384 g/mol. The molecule has 2 amide bonds. The van der Waals surface area contributed by atoms with E-state index in [2.05, 4.69) is 21.2 Å². The van der Waals surface area contributed by atoms with Crippen molar-refractivity contribution in [3.05, 3.63) is 34.3 Å². The van der Waals surface area contributed by atoms with Crippen molar-refractivity contribution in [2.24, 2.45) is 11.7 Å². The highest BCUT2D eigenvalue weighted by Crippen LogP contribution is 2.17. The van der Waals surface area contributed by atoms with Gasteiger partial charge < -0.3 is 16.0 Å². The van der Waals surface area contributed by atoms with Crippen LogP contribution in [0.2, 0.25) is 0 Å². The first-order valence-electron chi connectivity index (χ1n) is 7.82. The fourth-order valence-corrected chi connectivity index (χ4v) is 2.61. The van der Waals surface area contributed by atoms with E-state index >= 15 is 0 Å². The summed E-state index contributed by atoms with van der Waals surface area (Å²) >= 11 is 3.47. The molecule has 6 heteroatoms. The van der Waals surface area contributed by atoms with Crippen molar-refractivity contribution in [3.8, 4) is 0 Å². The molecule has 1 aromatic carbocycles. The lowest BCUT2D eigenvalue weighted by molar-refractivity contribution is -0.130. The normalized spacial score (nSPS) is 12.1. The molecule has 3 N–H and O–H groups in total. The van der Waals surface area contributed by atoms with Gasteiger partial charge in [0.25, 0.3) is 0 Å². The molecule has 0 aromatic heterocycles. The van der Waals surface area contributed by atoms with Crippen molar-refractivity contribution in [2.45, 2.75) is 39.3 Å². The second-order valence-electron chi connectivity index (χ2n) is 6.12. The van der Waals surface area contributed by atoms with Crippen LogP contribution >= 0.6 is 15.9 Å². The largest absolute Gasteiger partial charge is 0.354 e. The first-order chi connectivity index (χ1) is 10.8. The summed E-state index contributed by atoms with van der Waals surface area (Å²) in [5, 5.41) is 2.73. The molecule has 0 aliphatic rings. The smallest absolute Gasteiger partial charge is 0.236 e. The molecule has 0 aliphatic heterocycles. The number of hydrogen-bond donors (Lipinski definition) is 2. The third-order valence-corrected chi connectivity index (χ3v) is 4.26. The number of nitrogens with two attached hydrogens (primary N) is 1. The average Bonchev–Trinajstić information content (AvgIpc) is 2.48. The number of benzene rings is 1. The zero-order valence-corrected chi connectivity index (χ0v) is 15.6. The Morgan fingerprint density at radius 1 is 1.30 bits per heavy atom. The number of carbonyl (C=O) groups excluding carboxylic acids is 2. The van der Waals surface area contributed by atoms with Crippen LogP contribution in [-0.4, -0.2) is 36.3 Å². The van der Waals surface area contributed by atoms with Gasteiger partial charge in [-0.25, -0.2) is 0 Å². The lowest BCUT2D eigenvalue weighted by Crippen LogP contribution is -2.42. The third kappa shape index (κ3) is 7.14. The summed E-state index contributed by atoms with van der Waals surface area (Å²) in [7, 11) is 1.76. The van der Waals surface area contributed by atoms with Crippen molar-refractivity contribution < 1.29 is 9.59 Å². The molecule has 23 heavy (non-hydrogen) atoms. The van der Waals surface area contributed by atoms with Gasteiger partial charge in [0, 0.05) is 31.0 Å². The molecule has 0 saturated carbocycles. The van der Waals surface area contributed by atoms with Gasteiger partial charge in [-0.1, -0.05) is 48.0 Å². The molecule has 5 nitrogen and oxygen atoms in total. The third-order valence-electron chi connectivity index (χ3n) is 3.49. The molecule has 0 bridgehead atoms. The molecule has 0 saturated heterocycles. The van der Waals surface area contributed by atoms with Crippen LogP contribution in [0.15, 0.2) is 28.7 Å². The van der Waals surface area contributed by atoms with E-state index in [0.29, 0.717) is 25.4 Å². The lowest BCUT2D eigenvalue weighted by atomic mass is 10.0. The van der Waals surface area contributed by atoms with Crippen LogP contribution in [0.5, 0.6) is 0 Å². The highest BCUT2D eigenvalue weighted by atomic mass is 79.9. The van der Waals surface area contributed by atoms with E-state index in [0.717, 1.165) is 10.0 Å². The van der Waals surface area contributed by atoms with Gasteiger partial charge in [-0.15, -0.1) is 0 Å². The lowest BCUT2D eigenvalue weighted by Gasteiger charge is -2.19. The molecule has 1 atom stereocenters. The second kappa shape index (κ2) is 9.67. The minimum absolute atomic E-state index is 0.0153. The Labute approximate surface area is 146 Å². The van der Waals surface area contributed by atoms with Gasteiger partial charge in [-0.2, -0.15) is 0 Å². The number of amides is 2. The first kappa shape index (κ1) is 19.6. The van der Waals surface area contributed by atoms with Gasteiger partial charge >= 0.3 is 0 Å². The minimum Gasteiger partial charge on any atom is -0.354 e. The Balaban J connectivity index is 2.36. The van der Waals surface area contributed by atoms with E-state index in [4.69, 9.17) is 5.73 Å². The van der Waals surface area contributed by atoms with Crippen LogP contribution in [0.4, 0.5) is 0 Å². The van der Waals surface area contributed by atoms with Crippen molar-refractivity contribution in [1.82, 2.24) is 10.2 Å². The monoisotopic (exact) mass is 383 g/mol. The summed E-state index contributed by atoms with van der Waals surface area (Å²) in [4.78, 5) is 25.6. The Hall–Kier alpha value is -1.40. The summed E-state index contributed by atoms with van der Waals surface area (Å²) < 4.78 is 0.979. The number of carbonyl (C=O) groups is 2. The van der Waals surface area contributed by atoms with Gasteiger partial charge in [0.2, 0.25) is 11.8 Å². The quantitative estimate of drug-likeness (QED) is 0.722. The van der Waals surface area contributed by atoms with Crippen LogP contribution < -0.4 is 11.1 Å². The zero-order chi connectivity index (χ0) is 17.4. The molecule has 1 aromatic rings. The molecule has 128 valence electrons. The Kier molecular flexibility index (Phi) is 8.26. The fraction of sp³-hybridized carbons (Fsp3) is 0.529. The predicted molar refractivity (Wildman–Crippen MR) is 95.7 cm³/mol. The van der Waals surface area contributed by atoms with E-state index in [1.165, 1.54) is 0 Å². The molecular formula is C17H26BrN3O2. The van der Waals surface area contributed by atoms with E-state index in [-0.39, 0.29) is 18.2 Å². The van der Waals surface area contributed by atoms with Gasteiger partial charge in [-0.3, -0.25) is 9.59 Å². The maximum absolute atomic E-state index is 12.1. The van der Waals surface area contributed by atoms with Gasteiger partial charge in [0.15, 0.2) is 0 Å². The molecule has 0 radical (unpaired) electrons. The van der Waals surface area contributed by atoms with Crippen LogP contribution in [0.25, 0.3) is 0 Å². The summed E-state index contributed by atoms with van der Waals surface area (Å²) in [6.45, 7) is 4.88. The van der Waals surface area contributed by atoms with Crippen LogP contribution in [0.1, 0.15) is 32.3 Å². The molecule has 0 fully saturated rings. The van der Waals surface area contributed by atoms with Crippen molar-refractivity contribution in [1.29, 1.82) is 0 Å². The molecule has 0 unspecified atom stereocenters. The Morgan fingerprint density at radius 3 is 2.57 bits per heavy atom. The minimum atomic E-state index is -0.511. The van der Waals surface area contributed by atoms with Crippen molar-refractivity contribution in [2.75, 3.05) is 13.6 Å². The molecule has 0 spiro atoms. The van der Waals surface area contributed by atoms with E-state index in [1.807, 2.05) is 38.1 Å². The number of hydrogen-bond acceptors (Lipinski definition) is 3. The Bertz CT molecular complexity index is 534. The summed E-state index contributed by atoms with van der Waals surface area (Å²) in [5.74, 6) is 0.159. The van der Waals surface area contributed by atoms with E-state index in [9.17, 15) is 9.59 Å². The number of nitrogens with one attached hydrogen (secondary N) is 1. The first-order valence-corrected chi connectivity index (χ1v) is 8.61. The standard InChI is InChI=1S/C17H26BrN3O2/c1-12(2)10-15(19)17(23)20-9-8-16(22)21(3)11-13-6-4-5-7-14(13)18/h4-7,12,15H,8-11,19H2,1-3H3,(H,20,23)/t15-/m0/s1. The topological polar surface area (TPSA) is 75.4 Å². The summed E-state index contributed by atoms with van der Waals surface area (Å²) in [5.41, 5.74) is 6.85. The fourth-order valence-electron chi connectivity index (χ4n) is 2.20. The highest BCUT2D eigenvalue weighted by Gasteiger charge is 2.16. The predicted octanol–water partition coefficient (Wildman–Crippen LogP) is 2.29. The molecule has 1 rings (SSSR count). The SMILES string of the molecule is CC(C)C[C@H](N)C(=O)NCCC(=O)N(C)Cc1ccccc1Br. The zero-order valence-electron chi connectivity index (χ0n) is 14.0. The number of rotatable bonds is 8. The van der Waals surface area contributed by atoms with Crippen molar-refractivity contribution >= 4 is 27.7 Å². The van der Waals surface area contributed by atoms with Gasteiger partial charge in [0.05, 0.1) is 6.04 Å². The number of halogens is 1. The summed E-state index contributed by atoms with van der Waals surface area (Å²) in [6.07, 6.45) is 0.906. The molecular weight excluding hydrogens is 358 g/mol. The van der Waals surface area contributed by atoms with Gasteiger partial charge in [0.1, 0.15) is 0 Å². The van der Waals surface area contributed by atoms with E-state index < -0.39 is 6.04 Å². The second-order valence-corrected chi connectivity index (χ2v) is 6.97. The molecule has 0 aliphatic carbocycles. The van der Waals surface area contributed by atoms with Crippen LogP contribution in [0, 0.1) is 5.92 Å². The summed E-state index contributed by atoms with van der Waals surface area (Å²) in [6, 6.07) is 7.29. The molecule has 0 heterocycles. The maximum Gasteiger partial charge on any atom is 0.236 e. The van der Waals surface area contributed by atoms with E-state index in [1.54, 1.807) is 11.9 Å². The Morgan fingerprint density at radius 2 is 1.96 bits per heavy atom. The number of nitrogens with zero attached hydrogens (tertiary/aromatic N) is 1. The van der Waals surface area contributed by atoms with Crippen molar-refractivity contribution in [3.63, 3.8) is 0 Å². The van der Waals surface area contributed by atoms with Crippen LogP contribution in [-0.2, 0) is 16.1 Å². The highest BCUT2D eigenvalue weighted by molar-refractivity contribution is 9.10. The maximum atomic E-state index is 12.1.